The molecule has 0 bridgehead atoms. The minimum atomic E-state index is -0.434. The number of amides is 1. The Labute approximate surface area is 186 Å². The molecule has 6 heteroatoms. The Kier molecular flexibility index (Phi) is 7.55. The molecule has 31 heavy (non-hydrogen) atoms. The molecule has 1 aliphatic heterocycles. The summed E-state index contributed by atoms with van der Waals surface area (Å²) in [7, 11) is 3.35. The van der Waals surface area contributed by atoms with Crippen LogP contribution >= 0.6 is 0 Å². The van der Waals surface area contributed by atoms with E-state index in [1.807, 2.05) is 51.1 Å². The Morgan fingerprint density at radius 1 is 1.13 bits per heavy atom. The number of likely N-dealkylation sites (tertiary alicyclic amines) is 1. The van der Waals surface area contributed by atoms with Crippen LogP contribution in [-0.2, 0) is 11.3 Å². The van der Waals surface area contributed by atoms with Gasteiger partial charge < -0.3 is 14.8 Å². The predicted molar refractivity (Wildman–Crippen MR) is 122 cm³/mol. The molecule has 168 valence electrons. The third kappa shape index (κ3) is 5.76. The van der Waals surface area contributed by atoms with E-state index >= 15 is 0 Å². The van der Waals surface area contributed by atoms with Crippen molar-refractivity contribution in [1.29, 1.82) is 0 Å². The average Bonchev–Trinajstić information content (AvgIpc) is 2.77. The van der Waals surface area contributed by atoms with Crippen LogP contribution in [0.5, 0.6) is 11.5 Å². The fourth-order valence-corrected chi connectivity index (χ4v) is 4.11. The number of rotatable bonds is 7. The molecule has 1 aromatic heterocycles. The van der Waals surface area contributed by atoms with Crippen molar-refractivity contribution >= 4 is 5.91 Å². The second kappa shape index (κ2) is 10.1. The van der Waals surface area contributed by atoms with E-state index in [2.05, 4.69) is 21.3 Å². The predicted octanol–water partition coefficient (Wildman–Crippen LogP) is 4.21. The summed E-state index contributed by atoms with van der Waals surface area (Å²) in [5.74, 6) is 1.97. The number of para-hydroxylation sites is 1. The topological polar surface area (TPSA) is 63.7 Å². The molecule has 1 saturated heterocycles. The summed E-state index contributed by atoms with van der Waals surface area (Å²) in [6, 6.07) is 11.9. The maximum Gasteiger partial charge on any atom is 0.225 e. The van der Waals surface area contributed by atoms with Gasteiger partial charge in [-0.25, -0.2) is 0 Å². The van der Waals surface area contributed by atoms with Gasteiger partial charge in [0.15, 0.2) is 11.5 Å². The SMILES string of the molecule is COc1cccc(CN2CCC([C@@H](NC(=O)C(C)(C)C)c3ccccn3)CC2)c1OC. The molecular formula is C25H35N3O3. The molecule has 1 amide bonds. The molecule has 0 saturated carbocycles. The monoisotopic (exact) mass is 425 g/mol. The number of carbonyl (C=O) groups excluding carboxylic acids is 1. The van der Waals surface area contributed by atoms with Crippen molar-refractivity contribution in [3.05, 3.63) is 53.9 Å². The van der Waals surface area contributed by atoms with Crippen LogP contribution in [0.3, 0.4) is 0 Å². The van der Waals surface area contributed by atoms with E-state index in [9.17, 15) is 4.79 Å². The fourth-order valence-electron chi connectivity index (χ4n) is 4.11. The number of aromatic nitrogens is 1. The second-order valence-corrected chi connectivity index (χ2v) is 9.22. The van der Waals surface area contributed by atoms with E-state index in [-0.39, 0.29) is 11.9 Å². The first-order valence-electron chi connectivity index (χ1n) is 11.0. The maximum atomic E-state index is 12.8. The number of nitrogens with zero attached hydrogens (tertiary/aromatic N) is 2. The number of piperidine rings is 1. The molecule has 0 spiro atoms. The van der Waals surface area contributed by atoms with Gasteiger partial charge in [0.25, 0.3) is 0 Å². The van der Waals surface area contributed by atoms with Gasteiger partial charge in [-0.05, 0) is 50.0 Å². The van der Waals surface area contributed by atoms with Crippen LogP contribution in [0.2, 0.25) is 0 Å². The standard InChI is InChI=1S/C25H35N3O3/c1-25(2,3)24(29)27-22(20-10-6-7-14-26-20)18-12-15-28(16-13-18)17-19-9-8-11-21(30-4)23(19)31-5/h6-11,14,18,22H,12-13,15-17H2,1-5H3,(H,27,29)/t22-/m1/s1. The van der Waals surface area contributed by atoms with Gasteiger partial charge in [0.05, 0.1) is 26.0 Å². The van der Waals surface area contributed by atoms with Crippen LogP contribution in [0.4, 0.5) is 0 Å². The van der Waals surface area contributed by atoms with Gasteiger partial charge in [-0.15, -0.1) is 0 Å². The third-order valence-electron chi connectivity index (χ3n) is 5.96. The Morgan fingerprint density at radius 3 is 2.45 bits per heavy atom. The molecule has 1 fully saturated rings. The molecule has 3 rings (SSSR count). The summed E-state index contributed by atoms with van der Waals surface area (Å²) in [4.78, 5) is 19.8. The fraction of sp³-hybridized carbons (Fsp3) is 0.520. The lowest BCUT2D eigenvalue weighted by Crippen LogP contribution is -2.44. The second-order valence-electron chi connectivity index (χ2n) is 9.22. The van der Waals surface area contributed by atoms with Gasteiger partial charge >= 0.3 is 0 Å². The summed E-state index contributed by atoms with van der Waals surface area (Å²) in [6.45, 7) is 8.57. The van der Waals surface area contributed by atoms with Gasteiger partial charge in [-0.3, -0.25) is 14.7 Å². The first-order valence-corrected chi connectivity index (χ1v) is 11.0. The summed E-state index contributed by atoms with van der Waals surface area (Å²) in [6.07, 6.45) is 3.80. The van der Waals surface area contributed by atoms with Crippen LogP contribution < -0.4 is 14.8 Å². The van der Waals surface area contributed by atoms with E-state index in [0.717, 1.165) is 55.2 Å². The molecule has 1 N–H and O–H groups in total. The highest BCUT2D eigenvalue weighted by Crippen LogP contribution is 2.34. The highest BCUT2D eigenvalue weighted by Gasteiger charge is 2.32. The van der Waals surface area contributed by atoms with E-state index in [1.165, 1.54) is 0 Å². The number of carbonyl (C=O) groups is 1. The Hall–Kier alpha value is -2.60. The minimum Gasteiger partial charge on any atom is -0.493 e. The van der Waals surface area contributed by atoms with Gasteiger partial charge in [0.2, 0.25) is 5.91 Å². The Bertz CT molecular complexity index is 856. The number of benzene rings is 1. The third-order valence-corrected chi connectivity index (χ3v) is 5.96. The molecule has 0 unspecified atom stereocenters. The van der Waals surface area contributed by atoms with Crippen molar-refractivity contribution in [1.82, 2.24) is 15.2 Å². The molecule has 2 heterocycles. The first-order chi connectivity index (χ1) is 14.8. The lowest BCUT2D eigenvalue weighted by atomic mass is 9.85. The zero-order valence-corrected chi connectivity index (χ0v) is 19.4. The van der Waals surface area contributed by atoms with Gasteiger partial charge in [-0.1, -0.05) is 39.0 Å². The van der Waals surface area contributed by atoms with Gasteiger partial charge in [-0.2, -0.15) is 0 Å². The number of methoxy groups -OCH3 is 2. The van der Waals surface area contributed by atoms with Gasteiger partial charge in [0, 0.05) is 23.7 Å². The lowest BCUT2D eigenvalue weighted by molar-refractivity contribution is -0.129. The molecular weight excluding hydrogens is 390 g/mol. The molecule has 1 atom stereocenters. The van der Waals surface area contributed by atoms with Crippen LogP contribution in [0.25, 0.3) is 0 Å². The smallest absolute Gasteiger partial charge is 0.225 e. The van der Waals surface area contributed by atoms with Crippen molar-refractivity contribution in [2.45, 2.75) is 46.2 Å². The maximum absolute atomic E-state index is 12.8. The molecule has 2 aromatic rings. The van der Waals surface area contributed by atoms with Crippen molar-refractivity contribution in [2.24, 2.45) is 11.3 Å². The molecule has 0 radical (unpaired) electrons. The number of ether oxygens (including phenoxy) is 2. The van der Waals surface area contributed by atoms with Gasteiger partial charge in [0.1, 0.15) is 0 Å². The Morgan fingerprint density at radius 2 is 1.87 bits per heavy atom. The quantitative estimate of drug-likeness (QED) is 0.720. The number of hydrogen-bond donors (Lipinski definition) is 1. The first kappa shape index (κ1) is 23.1. The summed E-state index contributed by atoms with van der Waals surface area (Å²) in [5, 5.41) is 3.28. The zero-order valence-electron chi connectivity index (χ0n) is 19.4. The van der Waals surface area contributed by atoms with Crippen LogP contribution in [0, 0.1) is 11.3 Å². The number of pyridine rings is 1. The lowest BCUT2D eigenvalue weighted by Gasteiger charge is -2.37. The van der Waals surface area contributed by atoms with Crippen molar-refractivity contribution in [3.8, 4) is 11.5 Å². The number of hydrogen-bond acceptors (Lipinski definition) is 5. The van der Waals surface area contributed by atoms with E-state index in [4.69, 9.17) is 9.47 Å². The number of nitrogens with one attached hydrogen (secondary N) is 1. The average molecular weight is 426 g/mol. The van der Waals surface area contributed by atoms with Crippen LogP contribution in [0.15, 0.2) is 42.6 Å². The van der Waals surface area contributed by atoms with Crippen LogP contribution in [0.1, 0.15) is 50.9 Å². The molecule has 1 aromatic carbocycles. The normalized spacial score (nSPS) is 16.5. The summed E-state index contributed by atoms with van der Waals surface area (Å²) < 4.78 is 11.0. The van der Waals surface area contributed by atoms with Crippen LogP contribution in [-0.4, -0.2) is 43.1 Å². The Balaban J connectivity index is 1.69. The van der Waals surface area contributed by atoms with Crippen molar-refractivity contribution in [3.63, 3.8) is 0 Å². The zero-order chi connectivity index (χ0) is 22.4. The molecule has 1 aliphatic rings. The van der Waals surface area contributed by atoms with E-state index in [1.54, 1.807) is 20.4 Å². The highest BCUT2D eigenvalue weighted by atomic mass is 16.5. The summed E-state index contributed by atoms with van der Waals surface area (Å²) >= 11 is 0. The van der Waals surface area contributed by atoms with E-state index in [0.29, 0.717) is 5.92 Å². The van der Waals surface area contributed by atoms with Crippen molar-refractivity contribution < 1.29 is 14.3 Å². The minimum absolute atomic E-state index is 0.0618. The highest BCUT2D eigenvalue weighted by molar-refractivity contribution is 5.81. The van der Waals surface area contributed by atoms with E-state index < -0.39 is 5.41 Å². The summed E-state index contributed by atoms with van der Waals surface area (Å²) in [5.41, 5.74) is 1.63. The van der Waals surface area contributed by atoms with Crippen molar-refractivity contribution in [2.75, 3.05) is 27.3 Å². The molecule has 6 nitrogen and oxygen atoms in total. The largest absolute Gasteiger partial charge is 0.493 e. The molecule has 0 aliphatic carbocycles.